The molecule has 0 saturated carbocycles. The van der Waals surface area contributed by atoms with E-state index < -0.39 is 6.10 Å². The van der Waals surface area contributed by atoms with E-state index in [1.54, 1.807) is 19.2 Å². The SMILES string of the molecule is COCCCCCNCC(O)c1cccc(F)c1. The average molecular weight is 255 g/mol. The summed E-state index contributed by atoms with van der Waals surface area (Å²) >= 11 is 0. The van der Waals surface area contributed by atoms with Crippen molar-refractivity contribution >= 4 is 0 Å². The van der Waals surface area contributed by atoms with E-state index >= 15 is 0 Å². The molecule has 1 rings (SSSR count). The molecule has 0 spiro atoms. The number of ether oxygens (including phenoxy) is 1. The first kappa shape index (κ1) is 15.1. The summed E-state index contributed by atoms with van der Waals surface area (Å²) in [6.45, 7) is 2.11. The van der Waals surface area contributed by atoms with Crippen LogP contribution in [0.3, 0.4) is 0 Å². The van der Waals surface area contributed by atoms with Crippen molar-refractivity contribution in [2.45, 2.75) is 25.4 Å². The van der Waals surface area contributed by atoms with Gasteiger partial charge < -0.3 is 15.2 Å². The fourth-order valence-electron chi connectivity index (χ4n) is 1.74. The summed E-state index contributed by atoms with van der Waals surface area (Å²) in [5.41, 5.74) is 0.613. The number of unbranched alkanes of at least 4 members (excludes halogenated alkanes) is 2. The number of rotatable bonds is 9. The maximum absolute atomic E-state index is 12.9. The molecular weight excluding hydrogens is 233 g/mol. The van der Waals surface area contributed by atoms with Gasteiger partial charge >= 0.3 is 0 Å². The lowest BCUT2D eigenvalue weighted by atomic mass is 10.1. The second kappa shape index (κ2) is 9.03. The van der Waals surface area contributed by atoms with E-state index in [4.69, 9.17) is 4.74 Å². The van der Waals surface area contributed by atoms with Gasteiger partial charge in [0.15, 0.2) is 0 Å². The highest BCUT2D eigenvalue weighted by atomic mass is 19.1. The molecule has 3 nitrogen and oxygen atoms in total. The molecule has 4 heteroatoms. The number of benzene rings is 1. The number of halogens is 1. The van der Waals surface area contributed by atoms with Crippen molar-refractivity contribution in [3.05, 3.63) is 35.6 Å². The van der Waals surface area contributed by atoms with E-state index in [9.17, 15) is 9.50 Å². The van der Waals surface area contributed by atoms with Gasteiger partial charge in [-0.25, -0.2) is 4.39 Å². The zero-order chi connectivity index (χ0) is 13.2. The van der Waals surface area contributed by atoms with E-state index in [2.05, 4.69) is 5.32 Å². The Balaban J connectivity index is 2.12. The van der Waals surface area contributed by atoms with Crippen molar-refractivity contribution in [1.29, 1.82) is 0 Å². The molecule has 1 unspecified atom stereocenters. The molecular formula is C14H22FNO2. The Bertz CT molecular complexity index is 333. The lowest BCUT2D eigenvalue weighted by Gasteiger charge is -2.12. The lowest BCUT2D eigenvalue weighted by Crippen LogP contribution is -2.22. The molecule has 0 fully saturated rings. The van der Waals surface area contributed by atoms with Gasteiger partial charge in [-0.05, 0) is 43.5 Å². The van der Waals surface area contributed by atoms with Crippen molar-refractivity contribution in [3.63, 3.8) is 0 Å². The van der Waals surface area contributed by atoms with Crippen molar-refractivity contribution in [2.75, 3.05) is 26.8 Å². The van der Waals surface area contributed by atoms with Crippen LogP contribution in [-0.2, 0) is 4.74 Å². The molecule has 1 aromatic carbocycles. The van der Waals surface area contributed by atoms with E-state index in [1.165, 1.54) is 12.1 Å². The van der Waals surface area contributed by atoms with Crippen molar-refractivity contribution < 1.29 is 14.2 Å². The zero-order valence-electron chi connectivity index (χ0n) is 10.9. The minimum atomic E-state index is -0.653. The summed E-state index contributed by atoms with van der Waals surface area (Å²) in [6, 6.07) is 6.08. The quantitative estimate of drug-likeness (QED) is 0.665. The van der Waals surface area contributed by atoms with E-state index in [0.717, 1.165) is 32.4 Å². The van der Waals surface area contributed by atoms with Gasteiger partial charge in [-0.2, -0.15) is 0 Å². The van der Waals surface area contributed by atoms with Crippen LogP contribution in [0.25, 0.3) is 0 Å². The van der Waals surface area contributed by atoms with Crippen molar-refractivity contribution in [1.82, 2.24) is 5.32 Å². The topological polar surface area (TPSA) is 41.5 Å². The predicted molar refractivity (Wildman–Crippen MR) is 70.0 cm³/mol. The van der Waals surface area contributed by atoms with Crippen molar-refractivity contribution in [3.8, 4) is 0 Å². The summed E-state index contributed by atoms with van der Waals surface area (Å²) in [5.74, 6) is -0.314. The smallest absolute Gasteiger partial charge is 0.123 e. The fraction of sp³-hybridized carbons (Fsp3) is 0.571. The molecule has 102 valence electrons. The number of hydrogen-bond donors (Lipinski definition) is 2. The lowest BCUT2D eigenvalue weighted by molar-refractivity contribution is 0.173. The van der Waals surface area contributed by atoms with Gasteiger partial charge in [-0.15, -0.1) is 0 Å². The first-order valence-electron chi connectivity index (χ1n) is 6.37. The highest BCUT2D eigenvalue weighted by Gasteiger charge is 2.07. The highest BCUT2D eigenvalue weighted by molar-refractivity contribution is 5.18. The summed E-state index contributed by atoms with van der Waals surface area (Å²) in [5, 5.41) is 13.0. The van der Waals surface area contributed by atoms with Crippen LogP contribution < -0.4 is 5.32 Å². The molecule has 0 radical (unpaired) electrons. The second-order valence-electron chi connectivity index (χ2n) is 4.33. The number of hydrogen-bond acceptors (Lipinski definition) is 3. The third kappa shape index (κ3) is 6.10. The molecule has 0 aliphatic rings. The number of aliphatic hydroxyl groups is 1. The maximum Gasteiger partial charge on any atom is 0.123 e. The highest BCUT2D eigenvalue weighted by Crippen LogP contribution is 2.12. The first-order chi connectivity index (χ1) is 8.74. The van der Waals surface area contributed by atoms with Crippen LogP contribution in [0.15, 0.2) is 24.3 Å². The number of nitrogens with one attached hydrogen (secondary N) is 1. The number of methoxy groups -OCH3 is 1. The van der Waals surface area contributed by atoms with Gasteiger partial charge in [-0.3, -0.25) is 0 Å². The van der Waals surface area contributed by atoms with E-state index in [1.807, 2.05) is 0 Å². The Morgan fingerprint density at radius 3 is 2.89 bits per heavy atom. The molecule has 0 aliphatic heterocycles. The molecule has 0 saturated heterocycles. The van der Waals surface area contributed by atoms with Crippen LogP contribution in [0.1, 0.15) is 30.9 Å². The fourth-order valence-corrected chi connectivity index (χ4v) is 1.74. The maximum atomic E-state index is 12.9. The van der Waals surface area contributed by atoms with Crippen LogP contribution in [0.5, 0.6) is 0 Å². The summed E-state index contributed by atoms with van der Waals surface area (Å²) in [4.78, 5) is 0. The molecule has 0 aromatic heterocycles. The average Bonchev–Trinajstić information content (AvgIpc) is 2.37. The molecule has 0 amide bonds. The van der Waals surface area contributed by atoms with Crippen molar-refractivity contribution in [2.24, 2.45) is 0 Å². The van der Waals surface area contributed by atoms with Gasteiger partial charge in [0, 0.05) is 20.3 Å². The van der Waals surface area contributed by atoms with Crippen LogP contribution >= 0.6 is 0 Å². The van der Waals surface area contributed by atoms with Crippen LogP contribution in [0.4, 0.5) is 4.39 Å². The zero-order valence-corrected chi connectivity index (χ0v) is 10.9. The summed E-state index contributed by atoms with van der Waals surface area (Å²) in [6.07, 6.45) is 2.57. The second-order valence-corrected chi connectivity index (χ2v) is 4.33. The van der Waals surface area contributed by atoms with Crippen LogP contribution in [0, 0.1) is 5.82 Å². The third-order valence-electron chi connectivity index (χ3n) is 2.77. The Hall–Kier alpha value is -0.970. The minimum Gasteiger partial charge on any atom is -0.387 e. The van der Waals surface area contributed by atoms with Crippen LogP contribution in [-0.4, -0.2) is 31.9 Å². The van der Waals surface area contributed by atoms with Crippen LogP contribution in [0.2, 0.25) is 0 Å². The van der Waals surface area contributed by atoms with E-state index in [0.29, 0.717) is 12.1 Å². The summed E-state index contributed by atoms with van der Waals surface area (Å²) in [7, 11) is 1.70. The molecule has 0 aliphatic carbocycles. The molecule has 2 N–H and O–H groups in total. The Morgan fingerprint density at radius 1 is 1.33 bits per heavy atom. The standard InChI is InChI=1S/C14H22FNO2/c1-18-9-4-2-3-8-16-11-14(17)12-6-5-7-13(15)10-12/h5-7,10,14,16-17H,2-4,8-9,11H2,1H3. The summed E-state index contributed by atoms with van der Waals surface area (Å²) < 4.78 is 17.9. The minimum absolute atomic E-state index is 0.314. The number of aliphatic hydroxyl groups excluding tert-OH is 1. The van der Waals surface area contributed by atoms with Gasteiger partial charge in [0.2, 0.25) is 0 Å². The third-order valence-corrected chi connectivity index (χ3v) is 2.77. The first-order valence-corrected chi connectivity index (χ1v) is 6.37. The molecule has 0 bridgehead atoms. The molecule has 18 heavy (non-hydrogen) atoms. The van der Waals surface area contributed by atoms with Gasteiger partial charge in [0.1, 0.15) is 5.82 Å². The van der Waals surface area contributed by atoms with E-state index in [-0.39, 0.29) is 5.82 Å². The van der Waals surface area contributed by atoms with Gasteiger partial charge in [-0.1, -0.05) is 12.1 Å². The van der Waals surface area contributed by atoms with Gasteiger partial charge in [0.05, 0.1) is 6.10 Å². The Morgan fingerprint density at radius 2 is 2.17 bits per heavy atom. The Labute approximate surface area is 108 Å². The molecule has 1 atom stereocenters. The largest absolute Gasteiger partial charge is 0.387 e. The molecule has 1 aromatic rings. The monoisotopic (exact) mass is 255 g/mol. The normalized spacial score (nSPS) is 12.6. The predicted octanol–water partition coefficient (Wildman–Crippen LogP) is 2.27. The van der Waals surface area contributed by atoms with Gasteiger partial charge in [0.25, 0.3) is 0 Å². The Kier molecular flexibility index (Phi) is 7.57. The molecule has 0 heterocycles.